The fourth-order valence-corrected chi connectivity index (χ4v) is 3.06. The fraction of sp³-hybridized carbons (Fsp3) is 0.182. The maximum atomic E-state index is 12.7. The van der Waals surface area contributed by atoms with Crippen LogP contribution in [-0.2, 0) is 6.54 Å². The lowest BCUT2D eigenvalue weighted by molar-refractivity contribution is 0.104. The number of ketones is 1. The fourth-order valence-electron chi connectivity index (χ4n) is 3.06. The number of rotatable bonds is 5. The molecule has 0 fully saturated rings. The van der Waals surface area contributed by atoms with Crippen molar-refractivity contribution in [3.8, 4) is 5.75 Å². The van der Waals surface area contributed by atoms with Crippen molar-refractivity contribution in [2.45, 2.75) is 13.5 Å². The molecule has 0 aliphatic carbocycles. The highest BCUT2D eigenvalue weighted by atomic mass is 16.3. The monoisotopic (exact) mass is 362 g/mol. The SMILES string of the molecule is CCn1c(=O)c(C(=O)C=Cc2ccc(N(C)C)cc2)c(O)c2ccccc21. The zero-order valence-electron chi connectivity index (χ0n) is 15.6. The van der Waals surface area contributed by atoms with Crippen LogP contribution in [0.4, 0.5) is 5.69 Å². The molecular weight excluding hydrogens is 340 g/mol. The van der Waals surface area contributed by atoms with Gasteiger partial charge in [-0.05, 0) is 42.8 Å². The van der Waals surface area contributed by atoms with Gasteiger partial charge in [0.15, 0.2) is 5.78 Å². The standard InChI is InChI=1S/C22H22N2O3/c1-4-24-18-8-6-5-7-17(18)21(26)20(22(24)27)19(25)14-11-15-9-12-16(13-10-15)23(2)3/h5-14,26H,4H2,1-3H3. The van der Waals surface area contributed by atoms with Crippen molar-refractivity contribution in [1.29, 1.82) is 0 Å². The Kier molecular flexibility index (Phi) is 5.12. The number of benzene rings is 2. The molecule has 0 saturated carbocycles. The number of pyridine rings is 1. The number of aryl methyl sites for hydroxylation is 1. The van der Waals surface area contributed by atoms with Crippen LogP contribution in [0, 0.1) is 0 Å². The van der Waals surface area contributed by atoms with Crippen LogP contribution in [0.1, 0.15) is 22.8 Å². The summed E-state index contributed by atoms with van der Waals surface area (Å²) in [6, 6.07) is 14.7. The minimum absolute atomic E-state index is 0.197. The molecule has 1 heterocycles. The summed E-state index contributed by atoms with van der Waals surface area (Å²) in [4.78, 5) is 27.4. The van der Waals surface area contributed by atoms with E-state index in [1.807, 2.05) is 50.2 Å². The maximum absolute atomic E-state index is 12.7. The number of carbonyl (C=O) groups is 1. The molecule has 0 bridgehead atoms. The third-order valence-electron chi connectivity index (χ3n) is 4.55. The van der Waals surface area contributed by atoms with Gasteiger partial charge in [-0.25, -0.2) is 0 Å². The first-order valence-corrected chi connectivity index (χ1v) is 8.78. The number of carbonyl (C=O) groups excluding carboxylic acids is 1. The largest absolute Gasteiger partial charge is 0.506 e. The summed E-state index contributed by atoms with van der Waals surface area (Å²) in [7, 11) is 3.91. The van der Waals surface area contributed by atoms with Crippen LogP contribution in [0.15, 0.2) is 59.4 Å². The molecule has 0 aliphatic heterocycles. The van der Waals surface area contributed by atoms with Crippen molar-refractivity contribution in [1.82, 2.24) is 4.57 Å². The van der Waals surface area contributed by atoms with E-state index in [9.17, 15) is 14.7 Å². The lowest BCUT2D eigenvalue weighted by atomic mass is 10.1. The molecule has 1 aromatic heterocycles. The Hall–Kier alpha value is -3.34. The van der Waals surface area contributed by atoms with E-state index in [1.165, 1.54) is 10.6 Å². The predicted molar refractivity (Wildman–Crippen MR) is 110 cm³/mol. The van der Waals surface area contributed by atoms with E-state index in [4.69, 9.17) is 0 Å². The topological polar surface area (TPSA) is 62.5 Å². The normalized spacial score (nSPS) is 11.2. The second-order valence-corrected chi connectivity index (χ2v) is 6.47. The lowest BCUT2D eigenvalue weighted by Gasteiger charge is -2.12. The number of fused-ring (bicyclic) bond motifs is 1. The number of aromatic nitrogens is 1. The van der Waals surface area contributed by atoms with Crippen molar-refractivity contribution < 1.29 is 9.90 Å². The average Bonchev–Trinajstić information content (AvgIpc) is 2.67. The Bertz CT molecular complexity index is 1080. The van der Waals surface area contributed by atoms with E-state index >= 15 is 0 Å². The van der Waals surface area contributed by atoms with Gasteiger partial charge in [0.25, 0.3) is 5.56 Å². The summed E-state index contributed by atoms with van der Waals surface area (Å²) in [6.07, 6.45) is 2.97. The zero-order chi connectivity index (χ0) is 19.6. The van der Waals surface area contributed by atoms with Crippen LogP contribution in [0.5, 0.6) is 5.75 Å². The second-order valence-electron chi connectivity index (χ2n) is 6.47. The van der Waals surface area contributed by atoms with Crippen LogP contribution in [0.2, 0.25) is 0 Å². The smallest absolute Gasteiger partial charge is 0.266 e. The predicted octanol–water partition coefficient (Wildman–Crippen LogP) is 3.69. The molecule has 2 aromatic carbocycles. The summed E-state index contributed by atoms with van der Waals surface area (Å²) >= 11 is 0. The van der Waals surface area contributed by atoms with Crippen molar-refractivity contribution in [2.24, 2.45) is 0 Å². The number of hydrogen-bond donors (Lipinski definition) is 1. The molecule has 27 heavy (non-hydrogen) atoms. The summed E-state index contributed by atoms with van der Waals surface area (Å²) < 4.78 is 1.50. The third-order valence-corrected chi connectivity index (χ3v) is 4.55. The molecular formula is C22H22N2O3. The molecule has 0 aliphatic rings. The van der Waals surface area contributed by atoms with Gasteiger partial charge in [-0.1, -0.05) is 30.3 Å². The van der Waals surface area contributed by atoms with Crippen LogP contribution < -0.4 is 10.5 Å². The molecule has 0 unspecified atom stereocenters. The molecule has 0 saturated heterocycles. The number of hydrogen-bond acceptors (Lipinski definition) is 4. The van der Waals surface area contributed by atoms with Gasteiger partial charge < -0.3 is 14.6 Å². The van der Waals surface area contributed by atoms with Gasteiger partial charge in [0.1, 0.15) is 11.3 Å². The highest BCUT2D eigenvalue weighted by Crippen LogP contribution is 2.26. The molecule has 1 N–H and O–H groups in total. The number of anilines is 1. The van der Waals surface area contributed by atoms with Crippen molar-refractivity contribution in [3.63, 3.8) is 0 Å². The lowest BCUT2D eigenvalue weighted by Crippen LogP contribution is -2.26. The Labute approximate surface area is 157 Å². The molecule has 5 nitrogen and oxygen atoms in total. The van der Waals surface area contributed by atoms with E-state index in [2.05, 4.69) is 0 Å². The maximum Gasteiger partial charge on any atom is 0.266 e. The summed E-state index contributed by atoms with van der Waals surface area (Å²) in [6.45, 7) is 2.25. The van der Waals surface area contributed by atoms with Gasteiger partial charge in [0.2, 0.25) is 0 Å². The van der Waals surface area contributed by atoms with Gasteiger partial charge in [0.05, 0.1) is 5.52 Å². The van der Waals surface area contributed by atoms with Gasteiger partial charge >= 0.3 is 0 Å². The molecule has 0 atom stereocenters. The number of para-hydroxylation sites is 1. The molecule has 0 spiro atoms. The van der Waals surface area contributed by atoms with E-state index < -0.39 is 11.3 Å². The van der Waals surface area contributed by atoms with Crippen molar-refractivity contribution in [2.75, 3.05) is 19.0 Å². The molecule has 0 amide bonds. The number of allylic oxidation sites excluding steroid dienone is 1. The molecule has 3 rings (SSSR count). The summed E-state index contributed by atoms with van der Waals surface area (Å²) in [5, 5.41) is 11.0. The Balaban J connectivity index is 2.02. The van der Waals surface area contributed by atoms with Gasteiger partial charge in [-0.15, -0.1) is 0 Å². The van der Waals surface area contributed by atoms with Crippen LogP contribution >= 0.6 is 0 Å². The third kappa shape index (κ3) is 3.49. The van der Waals surface area contributed by atoms with E-state index in [0.29, 0.717) is 17.4 Å². The molecule has 138 valence electrons. The average molecular weight is 362 g/mol. The van der Waals surface area contributed by atoms with Gasteiger partial charge in [-0.3, -0.25) is 9.59 Å². The molecule has 5 heteroatoms. The van der Waals surface area contributed by atoms with Gasteiger partial charge in [-0.2, -0.15) is 0 Å². The van der Waals surface area contributed by atoms with E-state index in [0.717, 1.165) is 11.3 Å². The summed E-state index contributed by atoms with van der Waals surface area (Å²) in [5.74, 6) is -0.778. The van der Waals surface area contributed by atoms with Crippen LogP contribution in [0.3, 0.4) is 0 Å². The second kappa shape index (κ2) is 7.50. The first kappa shape index (κ1) is 18.5. The number of aromatic hydroxyl groups is 1. The number of nitrogens with zero attached hydrogens (tertiary/aromatic N) is 2. The van der Waals surface area contributed by atoms with Crippen LogP contribution in [-0.4, -0.2) is 29.6 Å². The molecule has 0 radical (unpaired) electrons. The quantitative estimate of drug-likeness (QED) is 0.555. The molecule has 3 aromatic rings. The summed E-state index contributed by atoms with van der Waals surface area (Å²) in [5.41, 5.74) is 1.83. The van der Waals surface area contributed by atoms with E-state index in [-0.39, 0.29) is 11.3 Å². The van der Waals surface area contributed by atoms with Crippen LogP contribution in [0.25, 0.3) is 17.0 Å². The minimum atomic E-state index is -0.512. The Morgan fingerprint density at radius 2 is 1.78 bits per heavy atom. The Morgan fingerprint density at radius 1 is 1.11 bits per heavy atom. The van der Waals surface area contributed by atoms with Crippen molar-refractivity contribution >= 4 is 28.4 Å². The minimum Gasteiger partial charge on any atom is -0.506 e. The van der Waals surface area contributed by atoms with Gasteiger partial charge in [0, 0.05) is 31.7 Å². The van der Waals surface area contributed by atoms with E-state index in [1.54, 1.807) is 30.3 Å². The highest BCUT2D eigenvalue weighted by Gasteiger charge is 2.19. The first-order chi connectivity index (χ1) is 12.9. The zero-order valence-corrected chi connectivity index (χ0v) is 15.6. The Morgan fingerprint density at radius 3 is 2.41 bits per heavy atom. The first-order valence-electron chi connectivity index (χ1n) is 8.78. The van der Waals surface area contributed by atoms with Crippen molar-refractivity contribution in [3.05, 3.63) is 76.1 Å². The highest BCUT2D eigenvalue weighted by molar-refractivity contribution is 6.11.